The molecule has 0 aromatic rings. The van der Waals surface area contributed by atoms with Gasteiger partial charge in [0.1, 0.15) is 6.61 Å². The summed E-state index contributed by atoms with van der Waals surface area (Å²) in [6, 6.07) is 0. The van der Waals surface area contributed by atoms with Crippen molar-refractivity contribution in [2.45, 2.75) is 19.4 Å². The van der Waals surface area contributed by atoms with Crippen LogP contribution in [0.1, 0.15) is 13.8 Å². The van der Waals surface area contributed by atoms with Crippen LogP contribution >= 0.6 is 0 Å². The summed E-state index contributed by atoms with van der Waals surface area (Å²) in [5, 5.41) is 0. The van der Waals surface area contributed by atoms with E-state index in [1.807, 2.05) is 0 Å². The van der Waals surface area contributed by atoms with Crippen molar-refractivity contribution >= 4 is 5.97 Å². The quantitative estimate of drug-likeness (QED) is 0.443. The molecule has 0 heterocycles. The van der Waals surface area contributed by atoms with Gasteiger partial charge in [-0.1, -0.05) is 5.92 Å². The maximum atomic E-state index is 10.9. The van der Waals surface area contributed by atoms with Gasteiger partial charge >= 0.3 is 5.97 Å². The minimum absolute atomic E-state index is 0.113. The number of hydrogen-bond donors (Lipinski definition) is 0. The molecular weight excluding hydrogens is 144 g/mol. The van der Waals surface area contributed by atoms with Crippen LogP contribution in [0, 0.1) is 12.3 Å². The third-order valence-corrected chi connectivity index (χ3v) is 1.19. The largest absolute Gasteiger partial charge is 0.467 e. The Morgan fingerprint density at radius 1 is 1.64 bits per heavy atom. The average Bonchev–Trinajstić information content (AvgIpc) is 1.99. The summed E-state index contributed by atoms with van der Waals surface area (Å²) in [6.45, 7) is 3.33. The van der Waals surface area contributed by atoms with Crippen molar-refractivity contribution in [1.29, 1.82) is 0 Å². The summed E-state index contributed by atoms with van der Waals surface area (Å²) < 4.78 is 9.50. The third kappa shape index (κ3) is 3.06. The van der Waals surface area contributed by atoms with E-state index in [1.54, 1.807) is 13.8 Å². The number of terminal acetylenes is 1. The molecule has 0 N–H and O–H groups in total. The third-order valence-electron chi connectivity index (χ3n) is 1.19. The van der Waals surface area contributed by atoms with E-state index < -0.39 is 11.6 Å². The Bertz CT molecular complexity index is 176. The number of rotatable bonds is 3. The molecule has 3 nitrogen and oxygen atoms in total. The van der Waals surface area contributed by atoms with Gasteiger partial charge in [0.15, 0.2) is 5.60 Å². The van der Waals surface area contributed by atoms with Crippen molar-refractivity contribution in [3.05, 3.63) is 0 Å². The highest BCUT2D eigenvalue weighted by atomic mass is 16.6. The number of carbonyl (C=O) groups is 1. The number of ether oxygens (including phenoxy) is 2. The van der Waals surface area contributed by atoms with Crippen molar-refractivity contribution in [1.82, 2.24) is 0 Å². The fourth-order valence-electron chi connectivity index (χ4n) is 0.527. The van der Waals surface area contributed by atoms with Crippen molar-refractivity contribution in [2.75, 3.05) is 13.7 Å². The number of carbonyl (C=O) groups excluding carboxylic acids is 1. The molecule has 0 aliphatic carbocycles. The fourth-order valence-corrected chi connectivity index (χ4v) is 0.527. The van der Waals surface area contributed by atoms with Crippen molar-refractivity contribution in [2.24, 2.45) is 0 Å². The van der Waals surface area contributed by atoms with E-state index in [0.29, 0.717) is 0 Å². The molecule has 0 fully saturated rings. The monoisotopic (exact) mass is 156 g/mol. The molecule has 3 heteroatoms. The summed E-state index contributed by atoms with van der Waals surface area (Å²) in [5.74, 6) is 1.85. The second kappa shape index (κ2) is 3.99. The van der Waals surface area contributed by atoms with E-state index >= 15 is 0 Å². The zero-order chi connectivity index (χ0) is 8.91. The highest BCUT2D eigenvalue weighted by Crippen LogP contribution is 2.09. The van der Waals surface area contributed by atoms with Crippen LogP contribution < -0.4 is 0 Å². The van der Waals surface area contributed by atoms with Crippen LogP contribution in [-0.4, -0.2) is 25.3 Å². The van der Waals surface area contributed by atoms with Crippen LogP contribution in [0.5, 0.6) is 0 Å². The van der Waals surface area contributed by atoms with Crippen LogP contribution in [0.2, 0.25) is 0 Å². The van der Waals surface area contributed by atoms with E-state index in [2.05, 4.69) is 10.7 Å². The lowest BCUT2D eigenvalue weighted by Crippen LogP contribution is -2.36. The van der Waals surface area contributed by atoms with Crippen molar-refractivity contribution in [3.8, 4) is 12.3 Å². The first-order valence-corrected chi connectivity index (χ1v) is 3.20. The highest BCUT2D eigenvalue weighted by molar-refractivity contribution is 5.78. The Morgan fingerprint density at radius 3 is 2.55 bits per heavy atom. The van der Waals surface area contributed by atoms with Gasteiger partial charge in [0, 0.05) is 0 Å². The zero-order valence-corrected chi connectivity index (χ0v) is 7.01. The second-order valence-electron chi connectivity index (χ2n) is 2.49. The first-order chi connectivity index (χ1) is 5.04. The molecule has 0 radical (unpaired) electrons. The molecule has 0 aromatic carbocycles. The van der Waals surface area contributed by atoms with Gasteiger partial charge in [0.25, 0.3) is 0 Å². The fraction of sp³-hybridized carbons (Fsp3) is 0.625. The molecular formula is C8H12O3. The number of esters is 1. The van der Waals surface area contributed by atoms with Gasteiger partial charge in [-0.3, -0.25) is 0 Å². The molecule has 0 spiro atoms. The molecule has 0 rings (SSSR count). The first-order valence-electron chi connectivity index (χ1n) is 3.20. The van der Waals surface area contributed by atoms with E-state index in [-0.39, 0.29) is 6.61 Å². The Hall–Kier alpha value is -1.01. The topological polar surface area (TPSA) is 35.5 Å². The predicted molar refractivity (Wildman–Crippen MR) is 40.9 cm³/mol. The van der Waals surface area contributed by atoms with E-state index in [9.17, 15) is 4.79 Å². The van der Waals surface area contributed by atoms with E-state index in [1.165, 1.54) is 7.11 Å². The lowest BCUT2D eigenvalue weighted by molar-refractivity contribution is -0.163. The van der Waals surface area contributed by atoms with E-state index in [0.717, 1.165) is 0 Å². The van der Waals surface area contributed by atoms with Crippen LogP contribution in [0.15, 0.2) is 0 Å². The molecule has 0 aliphatic rings. The standard InChI is InChI=1S/C8H12O3/c1-5-6-11-8(2,3)7(9)10-4/h1H,6H2,2-4H3. The molecule has 11 heavy (non-hydrogen) atoms. The molecule has 0 amide bonds. The lowest BCUT2D eigenvalue weighted by atomic mass is 10.1. The van der Waals surface area contributed by atoms with Gasteiger partial charge in [-0.05, 0) is 13.8 Å². The molecule has 62 valence electrons. The number of hydrogen-bond acceptors (Lipinski definition) is 3. The van der Waals surface area contributed by atoms with Gasteiger partial charge in [-0.15, -0.1) is 6.42 Å². The first kappa shape index (κ1) is 9.99. The Balaban J connectivity index is 4.01. The van der Waals surface area contributed by atoms with Gasteiger partial charge in [0.05, 0.1) is 7.11 Å². The van der Waals surface area contributed by atoms with Gasteiger partial charge in [-0.25, -0.2) is 4.79 Å². The average molecular weight is 156 g/mol. The van der Waals surface area contributed by atoms with E-state index in [4.69, 9.17) is 11.2 Å². The summed E-state index contributed by atoms with van der Waals surface area (Å²) in [6.07, 6.45) is 4.95. The van der Waals surface area contributed by atoms with Gasteiger partial charge in [-0.2, -0.15) is 0 Å². The Labute approximate surface area is 66.7 Å². The predicted octanol–water partition coefficient (Wildman–Crippen LogP) is 0.588. The van der Waals surface area contributed by atoms with Crippen LogP contribution in [0.3, 0.4) is 0 Å². The summed E-state index contributed by atoms with van der Waals surface area (Å²) in [5.41, 5.74) is -0.943. The molecule has 0 saturated heterocycles. The highest BCUT2D eigenvalue weighted by Gasteiger charge is 2.28. The minimum Gasteiger partial charge on any atom is -0.467 e. The molecule has 0 bridgehead atoms. The summed E-state index contributed by atoms with van der Waals surface area (Å²) >= 11 is 0. The summed E-state index contributed by atoms with van der Waals surface area (Å²) in [7, 11) is 1.31. The SMILES string of the molecule is C#CCOC(C)(C)C(=O)OC. The normalized spacial score (nSPS) is 10.4. The minimum atomic E-state index is -0.943. The second-order valence-corrected chi connectivity index (χ2v) is 2.49. The van der Waals surface area contributed by atoms with Crippen molar-refractivity contribution < 1.29 is 14.3 Å². The van der Waals surface area contributed by atoms with Crippen LogP contribution in [-0.2, 0) is 14.3 Å². The smallest absolute Gasteiger partial charge is 0.337 e. The molecule has 0 saturated carbocycles. The van der Waals surface area contributed by atoms with Gasteiger partial charge in [0.2, 0.25) is 0 Å². The Kier molecular flexibility index (Phi) is 3.63. The molecule has 0 unspecified atom stereocenters. The molecule has 0 atom stereocenters. The van der Waals surface area contributed by atoms with Crippen LogP contribution in [0.4, 0.5) is 0 Å². The summed E-state index contributed by atoms with van der Waals surface area (Å²) in [4.78, 5) is 10.9. The maximum absolute atomic E-state index is 10.9. The molecule has 0 aliphatic heterocycles. The maximum Gasteiger partial charge on any atom is 0.337 e. The Morgan fingerprint density at radius 2 is 2.18 bits per heavy atom. The molecule has 0 aromatic heterocycles. The lowest BCUT2D eigenvalue weighted by Gasteiger charge is -2.20. The zero-order valence-electron chi connectivity index (χ0n) is 7.01. The van der Waals surface area contributed by atoms with Crippen molar-refractivity contribution in [3.63, 3.8) is 0 Å². The number of methoxy groups -OCH3 is 1. The van der Waals surface area contributed by atoms with Gasteiger partial charge < -0.3 is 9.47 Å². The van der Waals surface area contributed by atoms with Crippen LogP contribution in [0.25, 0.3) is 0 Å².